The van der Waals surface area contributed by atoms with Gasteiger partial charge in [-0.3, -0.25) is 4.79 Å². The Labute approximate surface area is 163 Å². The Morgan fingerprint density at radius 2 is 1.82 bits per heavy atom. The van der Waals surface area contributed by atoms with Crippen LogP contribution in [0.5, 0.6) is 0 Å². The number of rotatable bonds is 6. The van der Waals surface area contributed by atoms with Crippen LogP contribution >= 0.6 is 0 Å². The molecule has 4 rings (SSSR count). The zero-order valence-corrected chi connectivity index (χ0v) is 15.7. The third-order valence-electron chi connectivity index (χ3n) is 4.61. The van der Waals surface area contributed by atoms with Crippen LogP contribution in [0.2, 0.25) is 0 Å². The molecule has 0 saturated heterocycles. The second-order valence-corrected chi connectivity index (χ2v) is 6.63. The minimum absolute atomic E-state index is 0.0275. The third-order valence-corrected chi connectivity index (χ3v) is 4.61. The Balaban J connectivity index is 1.59. The molecule has 0 aliphatic heterocycles. The molecule has 5 nitrogen and oxygen atoms in total. The molecule has 28 heavy (non-hydrogen) atoms. The SMILES string of the molecule is CN(Cc1ccccc1)C(=O)Cn1c(/C=C/c2ccco2)nc2ccccc21. The highest BCUT2D eigenvalue weighted by Crippen LogP contribution is 2.19. The van der Waals surface area contributed by atoms with E-state index in [4.69, 9.17) is 4.42 Å². The van der Waals surface area contributed by atoms with Crippen LogP contribution in [0.4, 0.5) is 0 Å². The van der Waals surface area contributed by atoms with Gasteiger partial charge in [-0.1, -0.05) is 42.5 Å². The fourth-order valence-electron chi connectivity index (χ4n) is 3.13. The predicted octanol–water partition coefficient (Wildman–Crippen LogP) is 4.46. The third kappa shape index (κ3) is 3.88. The van der Waals surface area contributed by atoms with Crippen molar-refractivity contribution in [1.29, 1.82) is 0 Å². The van der Waals surface area contributed by atoms with E-state index in [0.717, 1.165) is 28.2 Å². The Bertz CT molecular complexity index is 1100. The average Bonchev–Trinajstić information content (AvgIpc) is 3.35. The molecule has 4 aromatic rings. The summed E-state index contributed by atoms with van der Waals surface area (Å²) in [4.78, 5) is 19.3. The molecule has 0 fully saturated rings. The van der Waals surface area contributed by atoms with Crippen LogP contribution in [0.1, 0.15) is 17.1 Å². The Hall–Kier alpha value is -3.60. The number of fused-ring (bicyclic) bond motifs is 1. The van der Waals surface area contributed by atoms with Crippen LogP contribution in [0, 0.1) is 0 Å². The Kier molecular flexibility index (Phi) is 5.06. The van der Waals surface area contributed by atoms with Crippen molar-refractivity contribution in [1.82, 2.24) is 14.5 Å². The lowest BCUT2D eigenvalue weighted by molar-refractivity contribution is -0.131. The lowest BCUT2D eigenvalue weighted by atomic mass is 10.2. The maximum atomic E-state index is 12.9. The normalized spacial score (nSPS) is 11.3. The van der Waals surface area contributed by atoms with Crippen LogP contribution in [0.3, 0.4) is 0 Å². The van der Waals surface area contributed by atoms with Crippen LogP contribution in [0.25, 0.3) is 23.2 Å². The molecule has 0 spiro atoms. The van der Waals surface area contributed by atoms with E-state index in [1.54, 1.807) is 11.2 Å². The molecule has 2 aromatic carbocycles. The molecule has 0 radical (unpaired) electrons. The lowest BCUT2D eigenvalue weighted by Gasteiger charge is -2.18. The van der Waals surface area contributed by atoms with E-state index in [2.05, 4.69) is 4.98 Å². The van der Waals surface area contributed by atoms with Gasteiger partial charge in [0.25, 0.3) is 0 Å². The number of hydrogen-bond donors (Lipinski definition) is 0. The van der Waals surface area contributed by atoms with Gasteiger partial charge in [-0.25, -0.2) is 4.98 Å². The molecule has 0 aliphatic carbocycles. The number of likely N-dealkylation sites (N-methyl/N-ethyl adjacent to an activating group) is 1. The minimum Gasteiger partial charge on any atom is -0.465 e. The summed E-state index contributed by atoms with van der Waals surface area (Å²) >= 11 is 0. The summed E-state index contributed by atoms with van der Waals surface area (Å²) in [5, 5.41) is 0. The second-order valence-electron chi connectivity index (χ2n) is 6.63. The Morgan fingerprint density at radius 1 is 1.04 bits per heavy atom. The molecule has 0 unspecified atom stereocenters. The number of carbonyl (C=O) groups excluding carboxylic acids is 1. The topological polar surface area (TPSA) is 51.3 Å². The summed E-state index contributed by atoms with van der Waals surface area (Å²) in [6, 6.07) is 21.5. The van der Waals surface area contributed by atoms with Crippen LogP contribution in [-0.4, -0.2) is 27.4 Å². The van der Waals surface area contributed by atoms with E-state index in [-0.39, 0.29) is 12.5 Å². The number of hydrogen-bond acceptors (Lipinski definition) is 3. The first-order valence-electron chi connectivity index (χ1n) is 9.15. The fraction of sp³-hybridized carbons (Fsp3) is 0.130. The molecule has 2 aromatic heterocycles. The van der Waals surface area contributed by atoms with Crippen molar-refractivity contribution < 1.29 is 9.21 Å². The molecular weight excluding hydrogens is 350 g/mol. The zero-order chi connectivity index (χ0) is 19.3. The first-order chi connectivity index (χ1) is 13.7. The number of benzene rings is 2. The maximum Gasteiger partial charge on any atom is 0.242 e. The van der Waals surface area contributed by atoms with Gasteiger partial charge in [0, 0.05) is 13.6 Å². The number of nitrogens with zero attached hydrogens (tertiary/aromatic N) is 3. The summed E-state index contributed by atoms with van der Waals surface area (Å²) in [5.41, 5.74) is 2.90. The van der Waals surface area contributed by atoms with Gasteiger partial charge in [-0.2, -0.15) is 0 Å². The van der Waals surface area contributed by atoms with Crippen molar-refractivity contribution in [3.63, 3.8) is 0 Å². The van der Waals surface area contributed by atoms with Gasteiger partial charge in [-0.15, -0.1) is 0 Å². The number of amides is 1. The smallest absolute Gasteiger partial charge is 0.242 e. The van der Waals surface area contributed by atoms with Crippen molar-refractivity contribution in [3.05, 3.63) is 90.1 Å². The monoisotopic (exact) mass is 371 g/mol. The molecule has 2 heterocycles. The summed E-state index contributed by atoms with van der Waals surface area (Å²) in [7, 11) is 1.83. The maximum absolute atomic E-state index is 12.9. The highest BCUT2D eigenvalue weighted by Gasteiger charge is 2.15. The number of furan rings is 1. The lowest BCUT2D eigenvalue weighted by Crippen LogP contribution is -2.30. The molecular formula is C23H21N3O2. The van der Waals surface area contributed by atoms with Crippen molar-refractivity contribution in [2.75, 3.05) is 7.05 Å². The molecule has 0 bridgehead atoms. The van der Waals surface area contributed by atoms with Gasteiger partial charge in [0.1, 0.15) is 18.1 Å². The van der Waals surface area contributed by atoms with Gasteiger partial charge >= 0.3 is 0 Å². The van der Waals surface area contributed by atoms with Crippen LogP contribution < -0.4 is 0 Å². The number of imidazole rings is 1. The summed E-state index contributed by atoms with van der Waals surface area (Å²) in [6.45, 7) is 0.797. The van der Waals surface area contributed by atoms with Crippen LogP contribution in [0.15, 0.2) is 77.4 Å². The van der Waals surface area contributed by atoms with E-state index >= 15 is 0 Å². The van der Waals surface area contributed by atoms with Gasteiger partial charge < -0.3 is 13.9 Å². The summed E-state index contributed by atoms with van der Waals surface area (Å²) in [6.07, 6.45) is 5.36. The van der Waals surface area contributed by atoms with E-state index < -0.39 is 0 Å². The molecule has 0 aliphatic rings. The molecule has 1 amide bonds. The van der Waals surface area contributed by atoms with Crippen molar-refractivity contribution >= 4 is 29.1 Å². The van der Waals surface area contributed by atoms with Crippen LogP contribution in [-0.2, 0) is 17.9 Å². The predicted molar refractivity (Wildman–Crippen MR) is 110 cm³/mol. The standard InChI is InChI=1S/C23H21N3O2/c1-25(16-18-8-3-2-4-9-18)23(27)17-26-21-12-6-5-11-20(21)24-22(26)14-13-19-10-7-15-28-19/h2-15H,16-17H2,1H3/b14-13+. The van der Waals surface area contributed by atoms with Gasteiger partial charge in [0.05, 0.1) is 17.3 Å². The first kappa shape index (κ1) is 17.8. The average molecular weight is 371 g/mol. The van der Waals surface area contributed by atoms with Gasteiger partial charge in [0.2, 0.25) is 5.91 Å². The molecule has 0 atom stereocenters. The van der Waals surface area contributed by atoms with E-state index in [1.807, 2.05) is 90.5 Å². The molecule has 5 heteroatoms. The van der Waals surface area contributed by atoms with E-state index in [9.17, 15) is 4.79 Å². The fourth-order valence-corrected chi connectivity index (χ4v) is 3.13. The van der Waals surface area contributed by atoms with Gasteiger partial charge in [-0.05, 0) is 42.0 Å². The summed E-state index contributed by atoms with van der Waals surface area (Å²) < 4.78 is 7.30. The van der Waals surface area contributed by atoms with E-state index in [0.29, 0.717) is 6.54 Å². The van der Waals surface area contributed by atoms with Crippen molar-refractivity contribution in [3.8, 4) is 0 Å². The number of carbonyl (C=O) groups is 1. The number of para-hydroxylation sites is 2. The quantitative estimate of drug-likeness (QED) is 0.503. The van der Waals surface area contributed by atoms with Crippen molar-refractivity contribution in [2.24, 2.45) is 0 Å². The van der Waals surface area contributed by atoms with Crippen molar-refractivity contribution in [2.45, 2.75) is 13.1 Å². The number of aromatic nitrogens is 2. The second kappa shape index (κ2) is 7.96. The first-order valence-corrected chi connectivity index (χ1v) is 9.15. The minimum atomic E-state index is 0.0275. The Morgan fingerprint density at radius 3 is 2.61 bits per heavy atom. The molecule has 0 N–H and O–H groups in total. The van der Waals surface area contributed by atoms with Gasteiger partial charge in [0.15, 0.2) is 0 Å². The zero-order valence-electron chi connectivity index (χ0n) is 15.7. The van der Waals surface area contributed by atoms with E-state index in [1.165, 1.54) is 0 Å². The summed E-state index contributed by atoms with van der Waals surface area (Å²) in [5.74, 6) is 1.49. The highest BCUT2D eigenvalue weighted by molar-refractivity contribution is 5.83. The highest BCUT2D eigenvalue weighted by atomic mass is 16.3. The largest absolute Gasteiger partial charge is 0.465 e. The molecule has 140 valence electrons. The molecule has 0 saturated carbocycles.